The van der Waals surface area contributed by atoms with Crippen molar-refractivity contribution in [3.05, 3.63) is 72.3 Å². The van der Waals surface area contributed by atoms with Crippen LogP contribution in [0.5, 0.6) is 5.75 Å². The topological polar surface area (TPSA) is 115 Å². The molecule has 1 fully saturated rings. The van der Waals surface area contributed by atoms with E-state index in [9.17, 15) is 15.3 Å². The number of likely N-dealkylation sites (tertiary alicyclic amines) is 1. The zero-order chi connectivity index (χ0) is 24.8. The number of hydrogen-bond acceptors (Lipinski definition) is 7. The highest BCUT2D eigenvalue weighted by atomic mass is 16.5. The van der Waals surface area contributed by atoms with Gasteiger partial charge in [0, 0.05) is 31.0 Å². The summed E-state index contributed by atoms with van der Waals surface area (Å²) >= 11 is 0. The Kier molecular flexibility index (Phi) is 7.81. The van der Waals surface area contributed by atoms with Gasteiger partial charge < -0.3 is 24.6 Å². The largest absolute Gasteiger partial charge is 0.486 e. The van der Waals surface area contributed by atoms with Crippen molar-refractivity contribution in [3.63, 3.8) is 0 Å². The molecule has 0 bridgehead atoms. The Balaban J connectivity index is 1.40. The monoisotopic (exact) mass is 472 g/mol. The van der Waals surface area contributed by atoms with Crippen LogP contribution >= 0.6 is 0 Å². The summed E-state index contributed by atoms with van der Waals surface area (Å²) in [5.41, 5.74) is 2.85. The Morgan fingerprint density at radius 3 is 2.43 bits per heavy atom. The molecule has 0 aliphatic carbocycles. The highest BCUT2D eigenvalue weighted by Gasteiger charge is 2.32. The number of β-amino-alcohol motifs (C(OH)–C–C–N with tert-alkyl or cyclic N) is 1. The van der Waals surface area contributed by atoms with Crippen LogP contribution < -0.4 is 4.74 Å². The second-order valence-electron chi connectivity index (χ2n) is 8.51. The van der Waals surface area contributed by atoms with Crippen molar-refractivity contribution in [2.24, 2.45) is 0 Å². The van der Waals surface area contributed by atoms with Crippen LogP contribution in [0.1, 0.15) is 30.5 Å². The molecule has 1 aromatic heterocycles. The number of rotatable bonds is 7. The van der Waals surface area contributed by atoms with E-state index in [1.165, 1.54) is 0 Å². The first-order valence-electron chi connectivity index (χ1n) is 11.5. The first-order chi connectivity index (χ1) is 17.0. The molecule has 8 nitrogen and oxygen atoms in total. The molecule has 0 saturated carbocycles. The summed E-state index contributed by atoms with van der Waals surface area (Å²) in [5.74, 6) is 7.27. The molecular formula is C27H28N4O4. The summed E-state index contributed by atoms with van der Waals surface area (Å²) in [6.07, 6.45) is 1.56. The molecule has 0 amide bonds. The van der Waals surface area contributed by atoms with Crippen molar-refractivity contribution in [1.82, 2.24) is 14.5 Å². The van der Waals surface area contributed by atoms with Gasteiger partial charge in [0.2, 0.25) is 0 Å². The maximum atomic E-state index is 10.2. The van der Waals surface area contributed by atoms with Gasteiger partial charge in [0.25, 0.3) is 0 Å². The van der Waals surface area contributed by atoms with Gasteiger partial charge in [0.15, 0.2) is 0 Å². The highest BCUT2D eigenvalue weighted by Crippen LogP contribution is 2.25. The predicted molar refractivity (Wildman–Crippen MR) is 130 cm³/mol. The first-order valence-corrected chi connectivity index (χ1v) is 11.5. The zero-order valence-corrected chi connectivity index (χ0v) is 19.5. The quantitative estimate of drug-likeness (QED) is 0.357. The van der Waals surface area contributed by atoms with Crippen molar-refractivity contribution in [2.45, 2.75) is 31.3 Å². The van der Waals surface area contributed by atoms with Crippen molar-refractivity contribution < 1.29 is 20.1 Å². The lowest BCUT2D eigenvalue weighted by atomic mass is 10.0. The lowest BCUT2D eigenvalue weighted by Gasteiger charge is -2.16. The number of nitrogens with zero attached hydrogens (tertiary/aromatic N) is 4. The SMILES string of the molecule is CC(O)c1nccn1C(C#Cc1ccc(-c2ccc(O[C@@H]3CN(CC#N)C[C@H]3O)cc2)cc1)CO. The summed E-state index contributed by atoms with van der Waals surface area (Å²) in [5, 5.41) is 38.6. The van der Waals surface area contributed by atoms with Crippen LogP contribution in [0.25, 0.3) is 11.1 Å². The fraction of sp³-hybridized carbons (Fsp3) is 0.333. The van der Waals surface area contributed by atoms with Crippen molar-refractivity contribution >= 4 is 0 Å². The molecule has 3 aromatic rings. The molecule has 4 atom stereocenters. The van der Waals surface area contributed by atoms with Gasteiger partial charge in [0.1, 0.15) is 35.9 Å². The first kappa shape index (κ1) is 24.5. The second kappa shape index (κ2) is 11.2. The fourth-order valence-corrected chi connectivity index (χ4v) is 4.11. The average Bonchev–Trinajstić information content (AvgIpc) is 3.48. The van der Waals surface area contributed by atoms with Crippen LogP contribution in [0.3, 0.4) is 0 Å². The van der Waals surface area contributed by atoms with Gasteiger partial charge >= 0.3 is 0 Å². The second-order valence-corrected chi connectivity index (χ2v) is 8.51. The van der Waals surface area contributed by atoms with Crippen LogP contribution in [0.2, 0.25) is 0 Å². The third-order valence-electron chi connectivity index (χ3n) is 5.93. The van der Waals surface area contributed by atoms with Crippen LogP contribution in [0, 0.1) is 23.2 Å². The predicted octanol–water partition coefficient (Wildman–Crippen LogP) is 2.14. The minimum absolute atomic E-state index is 0.191. The van der Waals surface area contributed by atoms with Gasteiger partial charge in [-0.15, -0.1) is 0 Å². The van der Waals surface area contributed by atoms with E-state index in [2.05, 4.69) is 22.9 Å². The molecule has 0 radical (unpaired) electrons. The number of imidazole rings is 1. The van der Waals surface area contributed by atoms with Gasteiger partial charge in [-0.3, -0.25) is 4.90 Å². The molecule has 35 heavy (non-hydrogen) atoms. The highest BCUT2D eigenvalue weighted by molar-refractivity contribution is 5.65. The van der Waals surface area contributed by atoms with Gasteiger partial charge in [-0.1, -0.05) is 36.1 Å². The number of aliphatic hydroxyl groups is 3. The van der Waals surface area contributed by atoms with Gasteiger partial charge in [-0.05, 0) is 42.3 Å². The molecule has 3 N–H and O–H groups in total. The third kappa shape index (κ3) is 5.89. The van der Waals surface area contributed by atoms with E-state index in [-0.39, 0.29) is 19.3 Å². The third-order valence-corrected chi connectivity index (χ3v) is 5.93. The van der Waals surface area contributed by atoms with E-state index in [0.717, 1.165) is 16.7 Å². The molecule has 1 saturated heterocycles. The molecule has 4 rings (SSSR count). The van der Waals surface area contributed by atoms with Crippen molar-refractivity contribution in [2.75, 3.05) is 26.2 Å². The molecule has 2 aromatic carbocycles. The fourth-order valence-electron chi connectivity index (χ4n) is 4.11. The summed E-state index contributed by atoms with van der Waals surface area (Å²) in [7, 11) is 0. The Bertz CT molecular complexity index is 1220. The summed E-state index contributed by atoms with van der Waals surface area (Å²) in [6.45, 7) is 2.68. The van der Waals surface area contributed by atoms with Crippen LogP contribution in [0.15, 0.2) is 60.9 Å². The Morgan fingerprint density at radius 1 is 1.11 bits per heavy atom. The van der Waals surface area contributed by atoms with Gasteiger partial charge in [0.05, 0.1) is 19.2 Å². The normalized spacial score (nSPS) is 19.4. The van der Waals surface area contributed by atoms with E-state index in [1.54, 1.807) is 23.9 Å². The lowest BCUT2D eigenvalue weighted by molar-refractivity contribution is 0.0737. The molecule has 8 heteroatoms. The number of hydrogen-bond donors (Lipinski definition) is 3. The molecular weight excluding hydrogens is 444 g/mol. The number of aliphatic hydroxyl groups excluding tert-OH is 3. The minimum Gasteiger partial charge on any atom is -0.486 e. The smallest absolute Gasteiger partial charge is 0.138 e. The Labute approximate surface area is 204 Å². The average molecular weight is 473 g/mol. The van der Waals surface area contributed by atoms with Crippen LogP contribution in [0.4, 0.5) is 0 Å². The number of nitriles is 1. The maximum absolute atomic E-state index is 10.2. The molecule has 0 spiro atoms. The number of aromatic nitrogens is 2. The van der Waals surface area contributed by atoms with Crippen molar-refractivity contribution in [1.29, 1.82) is 5.26 Å². The number of benzene rings is 2. The van der Waals surface area contributed by atoms with Crippen LogP contribution in [-0.2, 0) is 0 Å². The minimum atomic E-state index is -0.751. The molecule has 180 valence electrons. The van der Waals surface area contributed by atoms with E-state index in [4.69, 9.17) is 10.00 Å². The molecule has 1 aliphatic heterocycles. The summed E-state index contributed by atoms with van der Waals surface area (Å²) in [6, 6.07) is 17.1. The van der Waals surface area contributed by atoms with Gasteiger partial charge in [-0.25, -0.2) is 4.98 Å². The lowest BCUT2D eigenvalue weighted by Crippen LogP contribution is -2.29. The summed E-state index contributed by atoms with van der Waals surface area (Å²) in [4.78, 5) is 6.01. The van der Waals surface area contributed by atoms with Gasteiger partial charge in [-0.2, -0.15) is 5.26 Å². The van der Waals surface area contributed by atoms with E-state index in [0.29, 0.717) is 24.7 Å². The van der Waals surface area contributed by atoms with E-state index in [1.807, 2.05) is 53.4 Å². The Hall–Kier alpha value is -3.66. The number of ether oxygens (including phenoxy) is 1. The van der Waals surface area contributed by atoms with Crippen LogP contribution in [-0.4, -0.2) is 68.2 Å². The maximum Gasteiger partial charge on any atom is 0.138 e. The molecule has 2 unspecified atom stereocenters. The molecule has 2 heterocycles. The molecule has 1 aliphatic rings. The Morgan fingerprint density at radius 2 is 1.80 bits per heavy atom. The zero-order valence-electron chi connectivity index (χ0n) is 19.5. The van der Waals surface area contributed by atoms with E-state index < -0.39 is 18.2 Å². The van der Waals surface area contributed by atoms with Crippen molar-refractivity contribution in [3.8, 4) is 34.8 Å². The summed E-state index contributed by atoms with van der Waals surface area (Å²) < 4.78 is 7.61. The standard InChI is InChI=1S/C27H28N4O4/c1-19(33)27-29-13-15-31(27)23(18-32)9-4-20-2-5-21(6-3-20)22-7-10-24(11-8-22)35-26-17-30(14-12-28)16-25(26)34/h2-3,5-8,10-11,13,15,19,23,25-26,32-34H,14,16-18H2,1H3/t19?,23?,25-,26-/m1/s1. The van der Waals surface area contributed by atoms with E-state index >= 15 is 0 Å².